The lowest BCUT2D eigenvalue weighted by Gasteiger charge is -2.18. The fourth-order valence-corrected chi connectivity index (χ4v) is 8.50. The second-order valence-corrected chi connectivity index (χ2v) is 19.2. The molecule has 0 fully saturated rings. The summed E-state index contributed by atoms with van der Waals surface area (Å²) >= 11 is 0. The highest BCUT2D eigenvalue weighted by molar-refractivity contribution is 5.71. The van der Waals surface area contributed by atoms with Crippen molar-refractivity contribution in [1.82, 2.24) is 0 Å². The molecular weight excluding hydrogens is 781 g/mol. The summed E-state index contributed by atoms with van der Waals surface area (Å²) in [5.74, 6) is -0.854. The van der Waals surface area contributed by atoms with Crippen LogP contribution in [-0.2, 0) is 28.6 Å². The Hall–Kier alpha value is -1.85. The van der Waals surface area contributed by atoms with E-state index in [2.05, 4.69) is 32.9 Å². The van der Waals surface area contributed by atoms with Gasteiger partial charge in [-0.1, -0.05) is 264 Å². The Balaban J connectivity index is 4.30. The Bertz CT molecular complexity index is 978. The Morgan fingerprint density at radius 2 is 0.524 bits per heavy atom. The van der Waals surface area contributed by atoms with E-state index < -0.39 is 6.10 Å². The SMILES string of the molecule is CCCCCCCC/C=C\CCCCCCCC(=O)OC(COC(=O)CCCCCCCCCCCCCC)COC(=O)CCCCCCCCCCCCCCCCCCCC. The summed E-state index contributed by atoms with van der Waals surface area (Å²) in [6.45, 7) is 6.67. The molecule has 6 heteroatoms. The van der Waals surface area contributed by atoms with Crippen LogP contribution in [0.25, 0.3) is 0 Å². The molecular formula is C57H108O6. The van der Waals surface area contributed by atoms with Gasteiger partial charge in [0.25, 0.3) is 0 Å². The second kappa shape index (κ2) is 52.8. The summed E-state index contributed by atoms with van der Waals surface area (Å²) < 4.78 is 16.8. The van der Waals surface area contributed by atoms with Gasteiger partial charge in [-0.2, -0.15) is 0 Å². The zero-order valence-electron chi connectivity index (χ0n) is 42.6. The predicted molar refractivity (Wildman–Crippen MR) is 270 cm³/mol. The fourth-order valence-electron chi connectivity index (χ4n) is 8.50. The monoisotopic (exact) mass is 889 g/mol. The van der Waals surface area contributed by atoms with Gasteiger partial charge in [0, 0.05) is 19.3 Å². The lowest BCUT2D eigenvalue weighted by molar-refractivity contribution is -0.167. The van der Waals surface area contributed by atoms with Crippen molar-refractivity contribution in [2.24, 2.45) is 0 Å². The van der Waals surface area contributed by atoms with Crippen molar-refractivity contribution in [3.63, 3.8) is 0 Å². The number of rotatable bonds is 52. The van der Waals surface area contributed by atoms with Crippen molar-refractivity contribution in [3.8, 4) is 0 Å². The number of carbonyl (C=O) groups is 3. The first-order chi connectivity index (χ1) is 31.0. The molecule has 0 N–H and O–H groups in total. The van der Waals surface area contributed by atoms with E-state index in [4.69, 9.17) is 14.2 Å². The van der Waals surface area contributed by atoms with Crippen LogP contribution in [0.2, 0.25) is 0 Å². The summed E-state index contributed by atoms with van der Waals surface area (Å²) in [7, 11) is 0. The van der Waals surface area contributed by atoms with Crippen LogP contribution in [0.1, 0.15) is 316 Å². The van der Waals surface area contributed by atoms with Crippen LogP contribution in [0.5, 0.6) is 0 Å². The highest BCUT2D eigenvalue weighted by atomic mass is 16.6. The van der Waals surface area contributed by atoms with Gasteiger partial charge >= 0.3 is 17.9 Å². The number of esters is 3. The van der Waals surface area contributed by atoms with E-state index in [-0.39, 0.29) is 31.1 Å². The van der Waals surface area contributed by atoms with Crippen LogP contribution in [-0.4, -0.2) is 37.2 Å². The molecule has 0 saturated carbocycles. The number of hydrogen-bond donors (Lipinski definition) is 0. The van der Waals surface area contributed by atoms with E-state index in [1.165, 1.54) is 212 Å². The summed E-state index contributed by atoms with van der Waals surface area (Å²) in [5.41, 5.74) is 0. The molecule has 0 rings (SSSR count). The zero-order valence-corrected chi connectivity index (χ0v) is 42.6. The lowest BCUT2D eigenvalue weighted by atomic mass is 10.0. The van der Waals surface area contributed by atoms with Gasteiger partial charge in [0.15, 0.2) is 6.10 Å². The van der Waals surface area contributed by atoms with Gasteiger partial charge in [-0.3, -0.25) is 14.4 Å². The van der Waals surface area contributed by atoms with Gasteiger partial charge in [-0.25, -0.2) is 0 Å². The van der Waals surface area contributed by atoms with Gasteiger partial charge in [0.05, 0.1) is 0 Å². The van der Waals surface area contributed by atoms with Gasteiger partial charge < -0.3 is 14.2 Å². The summed E-state index contributed by atoms with van der Waals surface area (Å²) in [5, 5.41) is 0. The van der Waals surface area contributed by atoms with Gasteiger partial charge in [0.2, 0.25) is 0 Å². The molecule has 63 heavy (non-hydrogen) atoms. The molecule has 0 heterocycles. The molecule has 0 aliphatic carbocycles. The topological polar surface area (TPSA) is 78.9 Å². The van der Waals surface area contributed by atoms with Crippen LogP contribution < -0.4 is 0 Å². The lowest BCUT2D eigenvalue weighted by Crippen LogP contribution is -2.30. The molecule has 0 radical (unpaired) electrons. The number of ether oxygens (including phenoxy) is 3. The minimum atomic E-state index is -0.768. The third kappa shape index (κ3) is 51.0. The van der Waals surface area contributed by atoms with Gasteiger partial charge in [-0.15, -0.1) is 0 Å². The Morgan fingerprint density at radius 3 is 0.794 bits per heavy atom. The minimum Gasteiger partial charge on any atom is -0.462 e. The molecule has 6 nitrogen and oxygen atoms in total. The standard InChI is InChI=1S/C57H108O6/c1-4-7-10-13-16-19-22-25-27-28-29-31-32-35-38-41-44-47-50-56(59)62-53-54(52-61-55(58)49-46-43-40-37-34-24-21-18-15-12-9-6-3)63-57(60)51-48-45-42-39-36-33-30-26-23-20-17-14-11-8-5-2/h26,30,54H,4-25,27-29,31-53H2,1-3H3/b30-26-. The first-order valence-corrected chi connectivity index (χ1v) is 28.2. The fraction of sp³-hybridized carbons (Fsp3) is 0.912. The Labute approximate surface area is 392 Å². The maximum Gasteiger partial charge on any atom is 0.306 e. The summed E-state index contributed by atoms with van der Waals surface area (Å²) in [4.78, 5) is 38.1. The van der Waals surface area contributed by atoms with E-state index in [9.17, 15) is 14.4 Å². The van der Waals surface area contributed by atoms with E-state index in [0.717, 1.165) is 64.2 Å². The van der Waals surface area contributed by atoms with Crippen molar-refractivity contribution < 1.29 is 28.6 Å². The average molecular weight is 889 g/mol. The smallest absolute Gasteiger partial charge is 0.306 e. The van der Waals surface area contributed by atoms with Crippen LogP contribution in [0.4, 0.5) is 0 Å². The van der Waals surface area contributed by atoms with Crippen LogP contribution in [0.3, 0.4) is 0 Å². The van der Waals surface area contributed by atoms with E-state index in [0.29, 0.717) is 19.3 Å². The Kier molecular flexibility index (Phi) is 51.2. The van der Waals surface area contributed by atoms with E-state index >= 15 is 0 Å². The quantitative estimate of drug-likeness (QED) is 0.0262. The maximum atomic E-state index is 12.8. The largest absolute Gasteiger partial charge is 0.462 e. The van der Waals surface area contributed by atoms with Gasteiger partial charge in [0.1, 0.15) is 13.2 Å². The molecule has 0 bridgehead atoms. The molecule has 372 valence electrons. The summed E-state index contributed by atoms with van der Waals surface area (Å²) in [6.07, 6.45) is 59.1. The second-order valence-electron chi connectivity index (χ2n) is 19.2. The van der Waals surface area contributed by atoms with Crippen molar-refractivity contribution in [2.45, 2.75) is 322 Å². The van der Waals surface area contributed by atoms with Crippen molar-refractivity contribution in [1.29, 1.82) is 0 Å². The molecule has 0 aromatic carbocycles. The number of allylic oxidation sites excluding steroid dienone is 2. The molecule has 0 aliphatic rings. The predicted octanol–water partition coefficient (Wildman–Crippen LogP) is 18.5. The normalized spacial score (nSPS) is 12.0. The van der Waals surface area contributed by atoms with E-state index in [1.807, 2.05) is 0 Å². The third-order valence-electron chi connectivity index (χ3n) is 12.8. The minimum absolute atomic E-state index is 0.0676. The highest BCUT2D eigenvalue weighted by Gasteiger charge is 2.19. The van der Waals surface area contributed by atoms with Crippen molar-refractivity contribution in [3.05, 3.63) is 12.2 Å². The van der Waals surface area contributed by atoms with E-state index in [1.54, 1.807) is 0 Å². The van der Waals surface area contributed by atoms with Crippen molar-refractivity contribution in [2.75, 3.05) is 13.2 Å². The molecule has 1 unspecified atom stereocenters. The molecule has 1 atom stereocenters. The van der Waals surface area contributed by atoms with Crippen LogP contribution >= 0.6 is 0 Å². The maximum absolute atomic E-state index is 12.8. The third-order valence-corrected chi connectivity index (χ3v) is 12.8. The first-order valence-electron chi connectivity index (χ1n) is 28.2. The number of unbranched alkanes of at least 4 members (excludes halogenated alkanes) is 39. The molecule has 0 saturated heterocycles. The zero-order chi connectivity index (χ0) is 45.8. The molecule has 0 aliphatic heterocycles. The summed E-state index contributed by atoms with van der Waals surface area (Å²) in [6, 6.07) is 0. The van der Waals surface area contributed by atoms with Gasteiger partial charge in [-0.05, 0) is 44.9 Å². The number of carbonyl (C=O) groups excluding carboxylic acids is 3. The van der Waals surface area contributed by atoms with Crippen LogP contribution in [0.15, 0.2) is 12.2 Å². The molecule has 0 amide bonds. The molecule has 0 aromatic heterocycles. The first kappa shape index (κ1) is 61.1. The molecule has 0 aromatic rings. The highest BCUT2D eigenvalue weighted by Crippen LogP contribution is 2.17. The Morgan fingerprint density at radius 1 is 0.302 bits per heavy atom. The molecule has 0 spiro atoms. The van der Waals surface area contributed by atoms with Crippen LogP contribution in [0, 0.1) is 0 Å². The number of hydrogen-bond acceptors (Lipinski definition) is 6. The van der Waals surface area contributed by atoms with Crippen molar-refractivity contribution >= 4 is 17.9 Å². The average Bonchev–Trinajstić information content (AvgIpc) is 3.28.